The zero-order chi connectivity index (χ0) is 24.0. The van der Waals surface area contributed by atoms with Gasteiger partial charge in [0, 0.05) is 12.3 Å². The number of fused-ring (bicyclic) bond motifs is 7. The van der Waals surface area contributed by atoms with E-state index in [-0.39, 0.29) is 46.0 Å². The van der Waals surface area contributed by atoms with E-state index in [1.165, 1.54) is 12.0 Å². The van der Waals surface area contributed by atoms with Crippen LogP contribution in [0.25, 0.3) is 0 Å². The molecule has 2 N–H and O–H groups in total. The third kappa shape index (κ3) is 3.25. The van der Waals surface area contributed by atoms with Gasteiger partial charge in [-0.15, -0.1) is 0 Å². The Kier molecular flexibility index (Phi) is 5.30. The Morgan fingerprint density at radius 1 is 0.939 bits per heavy atom. The number of carboxylic acid groups (broad SMARTS) is 1. The second-order valence-corrected chi connectivity index (χ2v) is 14.0. The highest BCUT2D eigenvalue weighted by Crippen LogP contribution is 2.70. The van der Waals surface area contributed by atoms with E-state index in [0.717, 1.165) is 51.4 Å². The Morgan fingerprint density at radius 2 is 1.61 bits per heavy atom. The van der Waals surface area contributed by atoms with Crippen LogP contribution in [0.4, 0.5) is 0 Å². The van der Waals surface area contributed by atoms with E-state index in [1.807, 2.05) is 0 Å². The standard InChI is InChI=1S/C29H44O4/c1-26(2)22-8-12-28(4)19-7-11-27(3)10-6-17(15-24(32)33)14-20(27)18(19)16-21(30)25(28)29(22,5)13-9-23(26)31/h16-17,19-20,22-23,25,31H,6-15H2,1-5H3,(H,32,33). The fourth-order valence-electron chi connectivity index (χ4n) is 10.3. The number of aliphatic carboxylic acids is 1. The van der Waals surface area contributed by atoms with Gasteiger partial charge in [0.05, 0.1) is 6.10 Å². The maximum atomic E-state index is 14.0. The van der Waals surface area contributed by atoms with Gasteiger partial charge < -0.3 is 10.2 Å². The van der Waals surface area contributed by atoms with E-state index >= 15 is 0 Å². The molecule has 4 fully saturated rings. The van der Waals surface area contributed by atoms with E-state index in [9.17, 15) is 19.8 Å². The van der Waals surface area contributed by atoms with Crippen molar-refractivity contribution in [3.8, 4) is 0 Å². The Hall–Kier alpha value is -1.16. The molecule has 4 nitrogen and oxygen atoms in total. The molecule has 184 valence electrons. The normalized spacial score (nSPS) is 50.8. The van der Waals surface area contributed by atoms with Crippen LogP contribution >= 0.6 is 0 Å². The third-order valence-corrected chi connectivity index (χ3v) is 12.0. The first-order valence-electron chi connectivity index (χ1n) is 13.5. The van der Waals surface area contributed by atoms with Crippen LogP contribution in [0.5, 0.6) is 0 Å². The molecule has 0 aromatic rings. The predicted octanol–water partition coefficient (Wildman–Crippen LogP) is 6.02. The van der Waals surface area contributed by atoms with Gasteiger partial charge in [-0.25, -0.2) is 0 Å². The molecule has 0 aliphatic heterocycles. The SMILES string of the molecule is CC12CCC(CC(=O)O)CC1C1=CC(=O)C3C(C)(CCC4C(C)(C)C(O)CCC43C)C1CC2. The number of rotatable bonds is 2. The summed E-state index contributed by atoms with van der Waals surface area (Å²) in [7, 11) is 0. The quantitative estimate of drug-likeness (QED) is 0.532. The van der Waals surface area contributed by atoms with Gasteiger partial charge in [0.1, 0.15) is 0 Å². The average Bonchev–Trinajstić information content (AvgIpc) is 2.70. The molecule has 0 aromatic heterocycles. The number of allylic oxidation sites excluding steroid dienone is 2. The van der Waals surface area contributed by atoms with E-state index in [2.05, 4.69) is 40.7 Å². The molecule has 5 rings (SSSR count). The van der Waals surface area contributed by atoms with Crippen LogP contribution in [0.2, 0.25) is 0 Å². The summed E-state index contributed by atoms with van der Waals surface area (Å²) < 4.78 is 0. The van der Waals surface area contributed by atoms with Gasteiger partial charge in [0.15, 0.2) is 5.78 Å². The molecule has 4 heteroatoms. The summed E-state index contributed by atoms with van der Waals surface area (Å²) >= 11 is 0. The molecule has 0 spiro atoms. The summed E-state index contributed by atoms with van der Waals surface area (Å²) in [5, 5.41) is 20.2. The highest BCUT2D eigenvalue weighted by molar-refractivity contribution is 5.95. The molecule has 9 unspecified atom stereocenters. The molecule has 33 heavy (non-hydrogen) atoms. The lowest BCUT2D eigenvalue weighted by molar-refractivity contribution is -0.188. The van der Waals surface area contributed by atoms with E-state index < -0.39 is 5.97 Å². The Bertz CT molecular complexity index is 888. The van der Waals surface area contributed by atoms with Crippen molar-refractivity contribution >= 4 is 11.8 Å². The van der Waals surface area contributed by atoms with E-state index in [0.29, 0.717) is 23.5 Å². The van der Waals surface area contributed by atoms with Gasteiger partial charge in [0.2, 0.25) is 0 Å². The van der Waals surface area contributed by atoms with Gasteiger partial charge in [0.25, 0.3) is 0 Å². The number of carbonyl (C=O) groups excluding carboxylic acids is 1. The molecular formula is C29H44O4. The zero-order valence-electron chi connectivity index (χ0n) is 21.3. The van der Waals surface area contributed by atoms with Crippen molar-refractivity contribution in [2.75, 3.05) is 0 Å². The lowest BCUT2D eigenvalue weighted by Gasteiger charge is -2.67. The summed E-state index contributed by atoms with van der Waals surface area (Å²) in [5.41, 5.74) is 1.34. The minimum atomic E-state index is -0.690. The van der Waals surface area contributed by atoms with Gasteiger partial charge in [-0.3, -0.25) is 9.59 Å². The van der Waals surface area contributed by atoms with Crippen LogP contribution in [-0.4, -0.2) is 28.1 Å². The number of hydrogen-bond acceptors (Lipinski definition) is 3. The first-order valence-corrected chi connectivity index (χ1v) is 13.5. The summed E-state index contributed by atoms with van der Waals surface area (Å²) in [4.78, 5) is 25.5. The summed E-state index contributed by atoms with van der Waals surface area (Å²) in [6.07, 6.45) is 11.3. The molecular weight excluding hydrogens is 412 g/mol. The Balaban J connectivity index is 1.53. The van der Waals surface area contributed by atoms with Crippen molar-refractivity contribution in [3.05, 3.63) is 11.6 Å². The van der Waals surface area contributed by atoms with Crippen molar-refractivity contribution in [3.63, 3.8) is 0 Å². The number of ketones is 1. The molecule has 9 atom stereocenters. The first-order chi connectivity index (χ1) is 15.3. The fourth-order valence-corrected chi connectivity index (χ4v) is 10.3. The lowest BCUT2D eigenvalue weighted by atomic mass is 9.37. The topological polar surface area (TPSA) is 74.6 Å². The second-order valence-electron chi connectivity index (χ2n) is 14.0. The zero-order valence-corrected chi connectivity index (χ0v) is 21.3. The van der Waals surface area contributed by atoms with Crippen LogP contribution in [0.15, 0.2) is 11.6 Å². The highest BCUT2D eigenvalue weighted by Gasteiger charge is 2.66. The van der Waals surface area contributed by atoms with Crippen LogP contribution in [0.3, 0.4) is 0 Å². The van der Waals surface area contributed by atoms with Gasteiger partial charge >= 0.3 is 5.97 Å². The smallest absolute Gasteiger partial charge is 0.303 e. The van der Waals surface area contributed by atoms with Crippen molar-refractivity contribution in [2.45, 2.75) is 105 Å². The van der Waals surface area contributed by atoms with Crippen LogP contribution in [0, 0.1) is 51.2 Å². The molecule has 0 amide bonds. The molecule has 5 aliphatic carbocycles. The number of aliphatic hydroxyl groups is 1. The highest BCUT2D eigenvalue weighted by atomic mass is 16.4. The molecule has 0 radical (unpaired) electrons. The minimum absolute atomic E-state index is 0.0220. The van der Waals surface area contributed by atoms with Crippen molar-refractivity contribution in [1.82, 2.24) is 0 Å². The molecule has 0 heterocycles. The van der Waals surface area contributed by atoms with Crippen molar-refractivity contribution in [2.24, 2.45) is 51.2 Å². The number of aliphatic hydroxyl groups excluding tert-OH is 1. The summed E-state index contributed by atoms with van der Waals surface area (Å²) in [6.45, 7) is 11.6. The maximum absolute atomic E-state index is 14.0. The average molecular weight is 457 g/mol. The van der Waals surface area contributed by atoms with Crippen molar-refractivity contribution < 1.29 is 19.8 Å². The fraction of sp³-hybridized carbons (Fsp3) is 0.862. The molecule has 0 saturated heterocycles. The molecule has 0 bridgehead atoms. The Labute approximate surface area is 199 Å². The molecule has 5 aliphatic rings. The summed E-state index contributed by atoms with van der Waals surface area (Å²) in [6, 6.07) is 0. The van der Waals surface area contributed by atoms with Crippen LogP contribution in [0.1, 0.15) is 98.8 Å². The third-order valence-electron chi connectivity index (χ3n) is 12.0. The second kappa shape index (κ2) is 7.42. The van der Waals surface area contributed by atoms with Crippen LogP contribution < -0.4 is 0 Å². The molecule has 0 aromatic carbocycles. The van der Waals surface area contributed by atoms with E-state index in [1.54, 1.807) is 0 Å². The summed E-state index contributed by atoms with van der Waals surface area (Å²) in [5.74, 6) is 1.06. The van der Waals surface area contributed by atoms with Gasteiger partial charge in [-0.2, -0.15) is 0 Å². The number of carboxylic acids is 1. The maximum Gasteiger partial charge on any atom is 0.303 e. The van der Waals surface area contributed by atoms with E-state index in [4.69, 9.17) is 0 Å². The monoisotopic (exact) mass is 456 g/mol. The van der Waals surface area contributed by atoms with Gasteiger partial charge in [-0.1, -0.05) is 40.2 Å². The first kappa shape index (κ1) is 23.6. The number of hydrogen-bond donors (Lipinski definition) is 2. The molecule has 4 saturated carbocycles. The Morgan fingerprint density at radius 3 is 2.30 bits per heavy atom. The van der Waals surface area contributed by atoms with Gasteiger partial charge in [-0.05, 0) is 109 Å². The van der Waals surface area contributed by atoms with Crippen molar-refractivity contribution in [1.29, 1.82) is 0 Å². The number of carbonyl (C=O) groups is 2. The lowest BCUT2D eigenvalue weighted by Crippen LogP contribution is -2.63. The minimum Gasteiger partial charge on any atom is -0.481 e. The predicted molar refractivity (Wildman–Crippen MR) is 128 cm³/mol. The largest absolute Gasteiger partial charge is 0.481 e. The van der Waals surface area contributed by atoms with Crippen LogP contribution in [-0.2, 0) is 9.59 Å².